The van der Waals surface area contributed by atoms with Crippen molar-refractivity contribution in [3.63, 3.8) is 0 Å². The Balaban J connectivity index is 2.59. The van der Waals surface area contributed by atoms with Crippen LogP contribution in [0.2, 0.25) is 19.1 Å². The molecule has 0 saturated carbocycles. The predicted molar refractivity (Wildman–Crippen MR) is 91.2 cm³/mol. The average Bonchev–Trinajstić information content (AvgIpc) is 2.26. The molecule has 0 atom stereocenters. The van der Waals surface area contributed by atoms with Crippen LogP contribution in [0.15, 0.2) is 24.3 Å². The molecule has 1 aromatic rings. The summed E-state index contributed by atoms with van der Waals surface area (Å²) in [6, 6.07) is 10.3. The summed E-state index contributed by atoms with van der Waals surface area (Å²) in [6.07, 6.45) is 0. The van der Waals surface area contributed by atoms with E-state index in [2.05, 4.69) is 77.3 Å². The van der Waals surface area contributed by atoms with Gasteiger partial charge in [0, 0.05) is 6.04 Å². The van der Waals surface area contributed by atoms with E-state index in [1.807, 2.05) is 0 Å². The second kappa shape index (κ2) is 6.77. The highest BCUT2D eigenvalue weighted by Crippen LogP contribution is 2.25. The van der Waals surface area contributed by atoms with Gasteiger partial charge in [0.2, 0.25) is 8.32 Å². The summed E-state index contributed by atoms with van der Waals surface area (Å²) in [5.41, 5.74) is 1.55. The van der Waals surface area contributed by atoms with Crippen molar-refractivity contribution in [2.75, 3.05) is 6.54 Å². The minimum atomic E-state index is -1.64. The quantitative estimate of drug-likeness (QED) is 0.776. The van der Waals surface area contributed by atoms with Gasteiger partial charge in [0.25, 0.3) is 0 Å². The van der Waals surface area contributed by atoms with Crippen molar-refractivity contribution in [3.8, 4) is 5.75 Å². The molecule has 0 amide bonds. The lowest BCUT2D eigenvalue weighted by molar-refractivity contribution is 0.530. The molecule has 3 heteroatoms. The molecule has 0 saturated heterocycles. The van der Waals surface area contributed by atoms with Crippen molar-refractivity contribution in [1.29, 1.82) is 0 Å². The highest BCUT2D eigenvalue weighted by molar-refractivity contribution is 6.71. The zero-order chi connectivity index (χ0) is 15.4. The van der Waals surface area contributed by atoms with Crippen molar-refractivity contribution in [3.05, 3.63) is 29.8 Å². The Kier molecular flexibility index (Phi) is 5.84. The molecule has 0 fully saturated rings. The largest absolute Gasteiger partial charge is 0.544 e. The fourth-order valence-corrected chi connectivity index (χ4v) is 3.68. The van der Waals surface area contributed by atoms with Crippen molar-refractivity contribution >= 4 is 8.32 Å². The summed E-state index contributed by atoms with van der Waals surface area (Å²) < 4.78 is 6.25. The van der Waals surface area contributed by atoms with E-state index in [1.54, 1.807) is 0 Å². The Morgan fingerprint density at radius 1 is 1.10 bits per heavy atom. The first kappa shape index (κ1) is 17.2. The molecule has 0 aliphatic rings. The first-order valence-electron chi connectivity index (χ1n) is 7.63. The fourth-order valence-electron chi connectivity index (χ4n) is 2.05. The molecule has 0 aromatic heterocycles. The molecule has 0 heterocycles. The van der Waals surface area contributed by atoms with Gasteiger partial charge in [-0.3, -0.25) is 0 Å². The molecule has 0 aliphatic carbocycles. The zero-order valence-electron chi connectivity index (χ0n) is 14.2. The summed E-state index contributed by atoms with van der Waals surface area (Å²) in [5.74, 6) is 1.01. The van der Waals surface area contributed by atoms with E-state index in [0.717, 1.165) is 18.3 Å². The van der Waals surface area contributed by atoms with E-state index in [-0.39, 0.29) is 5.41 Å². The molecule has 114 valence electrons. The zero-order valence-corrected chi connectivity index (χ0v) is 15.2. The molecule has 20 heavy (non-hydrogen) atoms. The highest BCUT2D eigenvalue weighted by atomic mass is 28.4. The van der Waals surface area contributed by atoms with Gasteiger partial charge in [-0.2, -0.15) is 0 Å². The molecule has 0 aliphatic heterocycles. The monoisotopic (exact) mass is 293 g/mol. The summed E-state index contributed by atoms with van der Waals surface area (Å²) in [4.78, 5) is 0. The third-order valence-corrected chi connectivity index (χ3v) is 5.64. The van der Waals surface area contributed by atoms with E-state index in [1.165, 1.54) is 5.56 Å². The van der Waals surface area contributed by atoms with Gasteiger partial charge in [-0.15, -0.1) is 0 Å². The maximum absolute atomic E-state index is 6.25. The number of benzene rings is 1. The summed E-state index contributed by atoms with van der Waals surface area (Å²) in [5, 5.41) is 3.47. The smallest absolute Gasteiger partial charge is 0.246 e. The summed E-state index contributed by atoms with van der Waals surface area (Å²) in [7, 11) is -1.64. The topological polar surface area (TPSA) is 21.3 Å². The molecule has 0 unspecified atom stereocenters. The average molecular weight is 294 g/mol. The normalized spacial score (nSPS) is 12.8. The van der Waals surface area contributed by atoms with Gasteiger partial charge in [0.1, 0.15) is 5.75 Å². The van der Waals surface area contributed by atoms with Crippen LogP contribution in [0.1, 0.15) is 40.2 Å². The Hall–Kier alpha value is -0.803. The van der Waals surface area contributed by atoms with Crippen LogP contribution in [0.5, 0.6) is 5.75 Å². The number of hydrogen-bond acceptors (Lipinski definition) is 2. The third-order valence-electron chi connectivity index (χ3n) is 3.39. The van der Waals surface area contributed by atoms with Crippen LogP contribution in [0.4, 0.5) is 0 Å². The maximum atomic E-state index is 6.25. The van der Waals surface area contributed by atoms with E-state index in [0.29, 0.717) is 6.04 Å². The SMILES string of the molecule is CC(C)NCC[Si](C)(C)Oc1ccc(C(C)(C)C)cc1. The van der Waals surface area contributed by atoms with Crippen LogP contribution in [0, 0.1) is 0 Å². The molecule has 1 N–H and O–H groups in total. The van der Waals surface area contributed by atoms with Crippen LogP contribution in [0.3, 0.4) is 0 Å². The highest BCUT2D eigenvalue weighted by Gasteiger charge is 2.24. The standard InChI is InChI=1S/C17H31NOSi/c1-14(2)18-12-13-20(6,7)19-16-10-8-15(9-11-16)17(3,4)5/h8-11,14,18H,12-13H2,1-7H3. The lowest BCUT2D eigenvalue weighted by atomic mass is 9.87. The van der Waals surface area contributed by atoms with Crippen LogP contribution in [0.25, 0.3) is 0 Å². The third kappa shape index (κ3) is 6.10. The minimum Gasteiger partial charge on any atom is -0.544 e. The van der Waals surface area contributed by atoms with E-state index >= 15 is 0 Å². The molecular weight excluding hydrogens is 262 g/mol. The van der Waals surface area contributed by atoms with Gasteiger partial charge in [-0.25, -0.2) is 0 Å². The first-order valence-corrected chi connectivity index (χ1v) is 10.7. The second-order valence-electron chi connectivity index (χ2n) is 7.49. The number of hydrogen-bond donors (Lipinski definition) is 1. The molecule has 1 rings (SSSR count). The van der Waals surface area contributed by atoms with Crippen molar-refractivity contribution < 1.29 is 4.43 Å². The van der Waals surface area contributed by atoms with Crippen LogP contribution < -0.4 is 9.74 Å². The summed E-state index contributed by atoms with van der Waals surface area (Å²) in [6.45, 7) is 16.7. The van der Waals surface area contributed by atoms with Crippen molar-refractivity contribution in [2.24, 2.45) is 0 Å². The van der Waals surface area contributed by atoms with Gasteiger partial charge in [0.15, 0.2) is 0 Å². The second-order valence-corrected chi connectivity index (χ2v) is 11.7. The lowest BCUT2D eigenvalue weighted by Gasteiger charge is -2.26. The molecule has 0 spiro atoms. The van der Waals surface area contributed by atoms with Gasteiger partial charge in [0.05, 0.1) is 0 Å². The van der Waals surface area contributed by atoms with Crippen LogP contribution >= 0.6 is 0 Å². The first-order chi connectivity index (χ1) is 9.10. The van der Waals surface area contributed by atoms with Crippen molar-refractivity contribution in [2.45, 2.75) is 65.2 Å². The van der Waals surface area contributed by atoms with Crippen LogP contribution in [-0.4, -0.2) is 20.9 Å². The molecule has 1 aromatic carbocycles. The van der Waals surface area contributed by atoms with Crippen LogP contribution in [-0.2, 0) is 5.41 Å². The number of nitrogens with one attached hydrogen (secondary N) is 1. The molecular formula is C17H31NOSi. The predicted octanol–water partition coefficient (Wildman–Crippen LogP) is 4.57. The molecule has 2 nitrogen and oxygen atoms in total. The molecule has 0 radical (unpaired) electrons. The summed E-state index contributed by atoms with van der Waals surface area (Å²) >= 11 is 0. The van der Waals surface area contributed by atoms with E-state index in [4.69, 9.17) is 4.43 Å². The maximum Gasteiger partial charge on any atom is 0.246 e. The van der Waals surface area contributed by atoms with Gasteiger partial charge >= 0.3 is 0 Å². The van der Waals surface area contributed by atoms with Gasteiger partial charge in [-0.05, 0) is 48.8 Å². The van der Waals surface area contributed by atoms with Crippen molar-refractivity contribution in [1.82, 2.24) is 5.32 Å². The molecule has 0 bridgehead atoms. The fraction of sp³-hybridized carbons (Fsp3) is 0.647. The Morgan fingerprint density at radius 2 is 1.65 bits per heavy atom. The minimum absolute atomic E-state index is 0.201. The van der Waals surface area contributed by atoms with E-state index < -0.39 is 8.32 Å². The van der Waals surface area contributed by atoms with Gasteiger partial charge < -0.3 is 9.74 Å². The number of rotatable bonds is 6. The Morgan fingerprint density at radius 3 is 2.10 bits per heavy atom. The Bertz CT molecular complexity index is 404. The Labute approximate surface area is 126 Å². The lowest BCUT2D eigenvalue weighted by Crippen LogP contribution is -2.38. The van der Waals surface area contributed by atoms with E-state index in [9.17, 15) is 0 Å². The van der Waals surface area contributed by atoms with Gasteiger partial charge in [-0.1, -0.05) is 46.8 Å².